The molecule has 0 spiro atoms. The van der Waals surface area contributed by atoms with E-state index in [0.29, 0.717) is 64.7 Å². The van der Waals surface area contributed by atoms with E-state index in [1.54, 1.807) is 0 Å². The minimum absolute atomic E-state index is 0.161. The zero-order valence-corrected chi connectivity index (χ0v) is 21.7. The molecule has 0 rings (SSSR count). The third-order valence-electron chi connectivity index (χ3n) is 4.93. The summed E-state index contributed by atoms with van der Waals surface area (Å²) in [4.78, 5) is 23.9. The number of nitrogens with two attached hydrogens (primary N) is 2. The molecule has 0 aromatic carbocycles. The lowest BCUT2D eigenvalue weighted by Crippen LogP contribution is -2.38. The molecule has 0 fully saturated rings. The van der Waals surface area contributed by atoms with Crippen molar-refractivity contribution >= 4 is 30.9 Å². The summed E-state index contributed by atoms with van der Waals surface area (Å²) >= 11 is 0. The van der Waals surface area contributed by atoms with Gasteiger partial charge < -0.3 is 30.4 Å². The molecule has 8 nitrogen and oxygen atoms in total. The van der Waals surface area contributed by atoms with E-state index in [0.717, 1.165) is 24.9 Å². The molecule has 4 radical (unpaired) electrons. The monoisotopic (exact) mass is 474 g/mol. The van der Waals surface area contributed by atoms with Crippen molar-refractivity contribution in [2.75, 3.05) is 26.4 Å². The normalized spacial score (nSPS) is 12.1. The van der Waals surface area contributed by atoms with Gasteiger partial charge in [-0.1, -0.05) is 24.9 Å². The van der Waals surface area contributed by atoms with Gasteiger partial charge in [0.2, 0.25) is 11.8 Å². The number of primary amides is 2. The lowest BCUT2D eigenvalue weighted by Gasteiger charge is -2.31. The molecule has 0 heterocycles. The van der Waals surface area contributed by atoms with Crippen molar-refractivity contribution < 1.29 is 28.5 Å². The minimum atomic E-state index is -0.719. The number of ether oxygens (including phenoxy) is 4. The van der Waals surface area contributed by atoms with Crippen LogP contribution in [0.4, 0.5) is 0 Å². The first kappa shape index (κ1) is 30.2. The van der Waals surface area contributed by atoms with Gasteiger partial charge in [0.05, 0.1) is 0 Å². The highest BCUT2D eigenvalue weighted by molar-refractivity contribution is 6.36. The highest BCUT2D eigenvalue weighted by Crippen LogP contribution is 2.36. The summed E-state index contributed by atoms with van der Waals surface area (Å²) in [5.74, 6) is -1.15. The summed E-state index contributed by atoms with van der Waals surface area (Å²) in [5.41, 5.74) is 10.5. The SMILES string of the molecule is CCOC(OCC)[Si]CCCC(CCC[Si]C(OCC)OCC)(CCC(N)=O)C(N)=O. The number of carbonyl (C=O) groups excluding carboxylic acids is 2. The third kappa shape index (κ3) is 14.1. The molecule has 0 aromatic rings. The van der Waals surface area contributed by atoms with Crippen molar-refractivity contribution in [3.8, 4) is 0 Å². The molecule has 0 aliphatic heterocycles. The van der Waals surface area contributed by atoms with Crippen molar-refractivity contribution in [1.29, 1.82) is 0 Å². The molecule has 0 atom stereocenters. The van der Waals surface area contributed by atoms with Crippen LogP contribution in [0.2, 0.25) is 12.1 Å². The molecular weight excluding hydrogens is 432 g/mol. The first-order valence-corrected chi connectivity index (χ1v) is 13.9. The molecule has 0 aromatic heterocycles. The molecule has 0 saturated heterocycles. The number of hydrogen-bond acceptors (Lipinski definition) is 6. The first-order chi connectivity index (χ1) is 14.8. The van der Waals surface area contributed by atoms with Crippen LogP contribution in [-0.4, -0.2) is 69.1 Å². The second-order valence-electron chi connectivity index (χ2n) is 7.21. The molecule has 0 saturated carbocycles. The van der Waals surface area contributed by atoms with Gasteiger partial charge in [0.15, 0.2) is 0 Å². The molecule has 10 heteroatoms. The predicted molar refractivity (Wildman–Crippen MR) is 124 cm³/mol. The van der Waals surface area contributed by atoms with Crippen LogP contribution in [0.3, 0.4) is 0 Å². The second kappa shape index (κ2) is 18.8. The highest BCUT2D eigenvalue weighted by atomic mass is 28.2. The average Bonchev–Trinajstić information content (AvgIpc) is 2.72. The maximum Gasteiger partial charge on any atom is 0.223 e. The summed E-state index contributed by atoms with van der Waals surface area (Å²) in [6, 6.07) is 1.77. The Morgan fingerprint density at radius 1 is 0.742 bits per heavy atom. The van der Waals surface area contributed by atoms with E-state index in [4.69, 9.17) is 30.4 Å². The van der Waals surface area contributed by atoms with Crippen molar-refractivity contribution in [2.45, 2.75) is 90.1 Å². The molecule has 4 N–H and O–H groups in total. The van der Waals surface area contributed by atoms with E-state index in [-0.39, 0.29) is 24.2 Å². The van der Waals surface area contributed by atoms with Gasteiger partial charge in [-0.2, -0.15) is 0 Å². The summed E-state index contributed by atoms with van der Waals surface area (Å²) in [6.07, 6.45) is 3.46. The van der Waals surface area contributed by atoms with E-state index in [1.807, 2.05) is 27.7 Å². The summed E-state index contributed by atoms with van der Waals surface area (Å²) in [7, 11) is 0.985. The molecule has 31 heavy (non-hydrogen) atoms. The third-order valence-corrected chi connectivity index (χ3v) is 7.55. The van der Waals surface area contributed by atoms with Gasteiger partial charge in [-0.05, 0) is 47.0 Å². The van der Waals surface area contributed by atoms with Gasteiger partial charge in [-0.3, -0.25) is 9.59 Å². The fourth-order valence-corrected chi connectivity index (χ4v) is 5.71. The lowest BCUT2D eigenvalue weighted by molar-refractivity contribution is -0.129. The largest absolute Gasteiger partial charge is 0.370 e. The Kier molecular flexibility index (Phi) is 18.3. The van der Waals surface area contributed by atoms with Crippen LogP contribution in [-0.2, 0) is 28.5 Å². The maximum absolute atomic E-state index is 12.5. The molecule has 0 aliphatic carbocycles. The maximum atomic E-state index is 12.5. The number of rotatable bonds is 22. The van der Waals surface area contributed by atoms with E-state index >= 15 is 0 Å². The minimum Gasteiger partial charge on any atom is -0.370 e. The van der Waals surface area contributed by atoms with Gasteiger partial charge in [0.1, 0.15) is 30.9 Å². The topological polar surface area (TPSA) is 123 Å². The molecule has 0 aliphatic rings. The molecule has 0 unspecified atom stereocenters. The van der Waals surface area contributed by atoms with Crippen molar-refractivity contribution in [3.63, 3.8) is 0 Å². The van der Waals surface area contributed by atoms with E-state index in [9.17, 15) is 9.59 Å². The van der Waals surface area contributed by atoms with Gasteiger partial charge >= 0.3 is 0 Å². The number of carbonyl (C=O) groups is 2. The number of amides is 2. The second-order valence-corrected chi connectivity index (χ2v) is 9.97. The Balaban J connectivity index is 4.84. The average molecular weight is 475 g/mol. The van der Waals surface area contributed by atoms with Gasteiger partial charge in [0.25, 0.3) is 0 Å². The zero-order chi connectivity index (χ0) is 23.5. The zero-order valence-electron chi connectivity index (χ0n) is 19.7. The van der Waals surface area contributed by atoms with Crippen LogP contribution in [0.15, 0.2) is 0 Å². The van der Waals surface area contributed by atoms with Crippen LogP contribution in [0.5, 0.6) is 0 Å². The Bertz CT molecular complexity index is 449. The van der Waals surface area contributed by atoms with Gasteiger partial charge in [0, 0.05) is 38.3 Å². The molecule has 180 valence electrons. The van der Waals surface area contributed by atoms with Crippen LogP contribution in [0.25, 0.3) is 0 Å². The smallest absolute Gasteiger partial charge is 0.223 e. The number of hydrogen-bond donors (Lipinski definition) is 2. The Labute approximate surface area is 193 Å². The molecule has 0 bridgehead atoms. The van der Waals surface area contributed by atoms with Crippen molar-refractivity contribution in [2.24, 2.45) is 16.9 Å². The lowest BCUT2D eigenvalue weighted by atomic mass is 9.75. The fraction of sp³-hybridized carbons (Fsp3) is 0.905. The van der Waals surface area contributed by atoms with Crippen LogP contribution in [0, 0.1) is 5.41 Å². The van der Waals surface area contributed by atoms with E-state index in [1.165, 1.54) is 0 Å². The first-order valence-electron chi connectivity index (χ1n) is 11.4. The standard InChI is InChI=1S/C21H42N2O6Si2/c1-5-26-19(27-6-2)30-15-9-12-21(18(23)25,14-11-17(22)24)13-10-16-31-20(28-7-3)29-8-4/h19-20H,5-16H2,1-4H3,(H2,22,24)(H2,23,25). The van der Waals surface area contributed by atoms with Gasteiger partial charge in [-0.25, -0.2) is 0 Å². The van der Waals surface area contributed by atoms with Crippen molar-refractivity contribution in [1.82, 2.24) is 0 Å². The van der Waals surface area contributed by atoms with Gasteiger partial charge in [-0.15, -0.1) is 0 Å². The van der Waals surface area contributed by atoms with Crippen LogP contribution in [0.1, 0.15) is 66.2 Å². The molecular formula is C21H42N2O6Si2. The molecule has 2 amide bonds. The Morgan fingerprint density at radius 2 is 1.13 bits per heavy atom. The summed E-state index contributed by atoms with van der Waals surface area (Å²) < 4.78 is 22.4. The summed E-state index contributed by atoms with van der Waals surface area (Å²) in [5, 5.41) is 0. The van der Waals surface area contributed by atoms with E-state index < -0.39 is 11.3 Å². The fourth-order valence-electron chi connectivity index (χ4n) is 3.34. The predicted octanol–water partition coefficient (Wildman–Crippen LogP) is 2.24. The Morgan fingerprint density at radius 3 is 1.42 bits per heavy atom. The van der Waals surface area contributed by atoms with Crippen LogP contribution < -0.4 is 11.5 Å². The van der Waals surface area contributed by atoms with Crippen molar-refractivity contribution in [3.05, 3.63) is 0 Å². The summed E-state index contributed by atoms with van der Waals surface area (Å²) in [6.45, 7) is 10.2. The Hall–Kier alpha value is -0.786. The highest BCUT2D eigenvalue weighted by Gasteiger charge is 2.35. The van der Waals surface area contributed by atoms with Crippen LogP contribution >= 0.6 is 0 Å². The quantitative estimate of drug-likeness (QED) is 0.141. The van der Waals surface area contributed by atoms with E-state index in [2.05, 4.69) is 0 Å².